The highest BCUT2D eigenvalue weighted by Gasteiger charge is 2.17. The first-order valence-corrected chi connectivity index (χ1v) is 7.95. The number of esters is 1. The van der Waals surface area contributed by atoms with Gasteiger partial charge in [0.2, 0.25) is 6.79 Å². The molecule has 0 saturated heterocycles. The first kappa shape index (κ1) is 16.8. The standard InChI is InChI=1S/C19H19NO5/c1-12-3-5-14(6-4-12)19(22)23-10-18(21)20-13(2)15-7-8-16-17(9-15)25-11-24-16/h3-9,13H,10-11H2,1-2H3,(H,20,21)/t13-/m1/s1. The van der Waals surface area contributed by atoms with Crippen LogP contribution < -0.4 is 14.8 Å². The maximum Gasteiger partial charge on any atom is 0.338 e. The van der Waals surface area contributed by atoms with Gasteiger partial charge in [-0.2, -0.15) is 0 Å². The van der Waals surface area contributed by atoms with Crippen LogP contribution in [0.5, 0.6) is 11.5 Å². The van der Waals surface area contributed by atoms with E-state index in [4.69, 9.17) is 14.2 Å². The van der Waals surface area contributed by atoms with E-state index in [2.05, 4.69) is 5.32 Å². The average Bonchev–Trinajstić information content (AvgIpc) is 3.08. The van der Waals surface area contributed by atoms with E-state index >= 15 is 0 Å². The molecule has 0 unspecified atom stereocenters. The maximum atomic E-state index is 12.0. The largest absolute Gasteiger partial charge is 0.454 e. The molecule has 1 aliphatic heterocycles. The topological polar surface area (TPSA) is 73.9 Å². The molecule has 6 heteroatoms. The Labute approximate surface area is 145 Å². The molecular formula is C19H19NO5. The molecule has 0 saturated carbocycles. The third-order valence-corrected chi connectivity index (χ3v) is 3.90. The molecule has 0 spiro atoms. The lowest BCUT2D eigenvalue weighted by Crippen LogP contribution is -2.31. The fourth-order valence-corrected chi connectivity index (χ4v) is 2.45. The van der Waals surface area contributed by atoms with Gasteiger partial charge in [-0.05, 0) is 43.7 Å². The van der Waals surface area contributed by atoms with Gasteiger partial charge in [-0.15, -0.1) is 0 Å². The summed E-state index contributed by atoms with van der Waals surface area (Å²) in [6.45, 7) is 3.65. The molecule has 6 nitrogen and oxygen atoms in total. The minimum absolute atomic E-state index is 0.203. The van der Waals surface area contributed by atoms with E-state index in [0.717, 1.165) is 11.1 Å². The molecule has 25 heavy (non-hydrogen) atoms. The third kappa shape index (κ3) is 4.09. The van der Waals surface area contributed by atoms with Crippen molar-refractivity contribution in [2.75, 3.05) is 13.4 Å². The number of amides is 1. The van der Waals surface area contributed by atoms with Gasteiger partial charge in [-0.25, -0.2) is 4.79 Å². The van der Waals surface area contributed by atoms with Crippen LogP contribution in [0.1, 0.15) is 34.5 Å². The molecule has 1 amide bonds. The van der Waals surface area contributed by atoms with Gasteiger partial charge in [0.25, 0.3) is 5.91 Å². The Bertz CT molecular complexity index is 785. The average molecular weight is 341 g/mol. The van der Waals surface area contributed by atoms with Crippen LogP contribution in [0.25, 0.3) is 0 Å². The summed E-state index contributed by atoms with van der Waals surface area (Å²) in [6, 6.07) is 12.2. The minimum atomic E-state index is -0.522. The lowest BCUT2D eigenvalue weighted by Gasteiger charge is -2.15. The van der Waals surface area contributed by atoms with Gasteiger partial charge >= 0.3 is 5.97 Å². The molecule has 1 N–H and O–H groups in total. The SMILES string of the molecule is Cc1ccc(C(=O)OCC(=O)N[C@H](C)c2ccc3c(c2)OCO3)cc1. The molecule has 0 aliphatic carbocycles. The second-order valence-corrected chi connectivity index (χ2v) is 5.84. The fourth-order valence-electron chi connectivity index (χ4n) is 2.45. The lowest BCUT2D eigenvalue weighted by molar-refractivity contribution is -0.124. The smallest absolute Gasteiger partial charge is 0.338 e. The van der Waals surface area contributed by atoms with Crippen molar-refractivity contribution in [3.8, 4) is 11.5 Å². The third-order valence-electron chi connectivity index (χ3n) is 3.90. The number of carbonyl (C=O) groups is 2. The van der Waals surface area contributed by atoms with Crippen LogP contribution in [-0.2, 0) is 9.53 Å². The highest BCUT2D eigenvalue weighted by Crippen LogP contribution is 2.34. The molecule has 1 aliphatic rings. The molecule has 130 valence electrons. The molecule has 2 aromatic carbocycles. The number of carbonyl (C=O) groups excluding carboxylic acids is 2. The van der Waals surface area contributed by atoms with Gasteiger partial charge in [0, 0.05) is 0 Å². The summed E-state index contributed by atoms with van der Waals surface area (Å²) in [7, 11) is 0. The Morgan fingerprint density at radius 1 is 1.12 bits per heavy atom. The van der Waals surface area contributed by atoms with Crippen molar-refractivity contribution in [2.24, 2.45) is 0 Å². The molecular weight excluding hydrogens is 322 g/mol. The molecule has 0 bridgehead atoms. The molecule has 1 heterocycles. The van der Waals surface area contributed by atoms with Crippen molar-refractivity contribution in [1.29, 1.82) is 0 Å². The first-order valence-electron chi connectivity index (χ1n) is 7.95. The zero-order valence-corrected chi connectivity index (χ0v) is 14.1. The monoisotopic (exact) mass is 341 g/mol. The second kappa shape index (κ2) is 7.25. The number of hydrogen-bond donors (Lipinski definition) is 1. The van der Waals surface area contributed by atoms with E-state index in [0.29, 0.717) is 17.1 Å². The van der Waals surface area contributed by atoms with Crippen molar-refractivity contribution in [1.82, 2.24) is 5.32 Å². The number of nitrogens with one attached hydrogen (secondary N) is 1. The lowest BCUT2D eigenvalue weighted by atomic mass is 10.1. The van der Waals surface area contributed by atoms with Gasteiger partial charge in [0.15, 0.2) is 18.1 Å². The molecule has 3 rings (SSSR count). The van der Waals surface area contributed by atoms with Gasteiger partial charge < -0.3 is 19.5 Å². The van der Waals surface area contributed by atoms with Gasteiger partial charge in [-0.3, -0.25) is 4.79 Å². The van der Waals surface area contributed by atoms with E-state index in [-0.39, 0.29) is 25.3 Å². The summed E-state index contributed by atoms with van der Waals surface area (Å²) < 4.78 is 15.6. The van der Waals surface area contributed by atoms with Crippen molar-refractivity contribution >= 4 is 11.9 Å². The number of aryl methyl sites for hydroxylation is 1. The molecule has 0 fully saturated rings. The van der Waals surface area contributed by atoms with Gasteiger partial charge in [-0.1, -0.05) is 23.8 Å². The van der Waals surface area contributed by atoms with Crippen molar-refractivity contribution in [3.63, 3.8) is 0 Å². The summed E-state index contributed by atoms with van der Waals surface area (Å²) in [6.07, 6.45) is 0. The van der Waals surface area contributed by atoms with Crippen molar-refractivity contribution in [2.45, 2.75) is 19.9 Å². The zero-order chi connectivity index (χ0) is 17.8. The molecule has 2 aromatic rings. The Balaban J connectivity index is 1.52. The second-order valence-electron chi connectivity index (χ2n) is 5.84. The molecule has 0 aromatic heterocycles. The van der Waals surface area contributed by atoms with Crippen LogP contribution in [0.15, 0.2) is 42.5 Å². The summed E-state index contributed by atoms with van der Waals surface area (Å²) in [4.78, 5) is 23.9. The number of hydrogen-bond acceptors (Lipinski definition) is 5. The van der Waals surface area contributed by atoms with E-state index < -0.39 is 5.97 Å². The predicted octanol–water partition coefficient (Wildman–Crippen LogP) is 2.76. The Kier molecular flexibility index (Phi) is 4.88. The quantitative estimate of drug-likeness (QED) is 0.847. The van der Waals surface area contributed by atoms with Crippen LogP contribution in [0.2, 0.25) is 0 Å². The number of ether oxygens (including phenoxy) is 3. The Morgan fingerprint density at radius 2 is 1.84 bits per heavy atom. The van der Waals surface area contributed by atoms with Crippen molar-refractivity contribution in [3.05, 3.63) is 59.2 Å². The number of benzene rings is 2. The maximum absolute atomic E-state index is 12.0. The van der Waals surface area contributed by atoms with Crippen LogP contribution in [0.4, 0.5) is 0 Å². The Hall–Kier alpha value is -3.02. The predicted molar refractivity (Wildman–Crippen MR) is 90.6 cm³/mol. The first-order chi connectivity index (χ1) is 12.0. The molecule has 1 atom stereocenters. The van der Waals surface area contributed by atoms with Gasteiger partial charge in [0.05, 0.1) is 11.6 Å². The van der Waals surface area contributed by atoms with E-state index in [9.17, 15) is 9.59 Å². The number of rotatable bonds is 5. The summed E-state index contributed by atoms with van der Waals surface area (Å²) >= 11 is 0. The number of fused-ring (bicyclic) bond motifs is 1. The minimum Gasteiger partial charge on any atom is -0.454 e. The van der Waals surface area contributed by atoms with E-state index in [1.54, 1.807) is 18.2 Å². The fraction of sp³-hybridized carbons (Fsp3) is 0.263. The summed E-state index contributed by atoms with van der Waals surface area (Å²) in [5, 5.41) is 2.79. The van der Waals surface area contributed by atoms with Crippen LogP contribution in [-0.4, -0.2) is 25.3 Å². The highest BCUT2D eigenvalue weighted by molar-refractivity contribution is 5.91. The highest BCUT2D eigenvalue weighted by atomic mass is 16.7. The van der Waals surface area contributed by atoms with E-state index in [1.807, 2.05) is 38.1 Å². The summed E-state index contributed by atoms with van der Waals surface area (Å²) in [5.41, 5.74) is 2.34. The van der Waals surface area contributed by atoms with Crippen LogP contribution >= 0.6 is 0 Å². The van der Waals surface area contributed by atoms with E-state index in [1.165, 1.54) is 0 Å². The van der Waals surface area contributed by atoms with Gasteiger partial charge in [0.1, 0.15) is 0 Å². The van der Waals surface area contributed by atoms with Crippen LogP contribution in [0, 0.1) is 6.92 Å². The molecule has 0 radical (unpaired) electrons. The normalized spacial score (nSPS) is 13.2. The Morgan fingerprint density at radius 3 is 2.60 bits per heavy atom. The summed E-state index contributed by atoms with van der Waals surface area (Å²) in [5.74, 6) is 0.454. The van der Waals surface area contributed by atoms with Crippen LogP contribution in [0.3, 0.4) is 0 Å². The zero-order valence-electron chi connectivity index (χ0n) is 14.1. The van der Waals surface area contributed by atoms with Crippen molar-refractivity contribution < 1.29 is 23.8 Å².